The van der Waals surface area contributed by atoms with Crippen molar-refractivity contribution < 1.29 is 4.79 Å². The third kappa shape index (κ3) is 1.65. The van der Waals surface area contributed by atoms with Gasteiger partial charge in [-0.15, -0.1) is 0 Å². The highest BCUT2D eigenvalue weighted by molar-refractivity contribution is 5.86. The van der Waals surface area contributed by atoms with Gasteiger partial charge in [0.2, 0.25) is 0 Å². The highest BCUT2D eigenvalue weighted by Gasteiger charge is 2.13. The summed E-state index contributed by atoms with van der Waals surface area (Å²) in [5.41, 5.74) is 10.6. The second kappa shape index (κ2) is 3.82. The quantitative estimate of drug-likeness (QED) is 0.577. The Hall–Kier alpha value is -1.31. The van der Waals surface area contributed by atoms with Crippen LogP contribution in [0.25, 0.3) is 0 Å². The zero-order valence-corrected chi connectivity index (χ0v) is 9.22. The number of hydrogen-bond donors (Lipinski definition) is 1. The van der Waals surface area contributed by atoms with Crippen molar-refractivity contribution in [2.24, 2.45) is 0 Å². The summed E-state index contributed by atoms with van der Waals surface area (Å²) in [4.78, 5) is 10.8. The molecule has 0 spiro atoms. The van der Waals surface area contributed by atoms with E-state index in [2.05, 4.69) is 20.8 Å². The molecule has 76 valence electrons. The van der Waals surface area contributed by atoms with E-state index < -0.39 is 0 Å². The van der Waals surface area contributed by atoms with Gasteiger partial charge in [-0.05, 0) is 42.5 Å². The van der Waals surface area contributed by atoms with Gasteiger partial charge in [0, 0.05) is 11.3 Å². The molecule has 0 amide bonds. The first-order valence-corrected chi connectivity index (χ1v) is 4.83. The van der Waals surface area contributed by atoms with Gasteiger partial charge in [-0.25, -0.2) is 0 Å². The first-order chi connectivity index (χ1) is 6.49. The molecule has 2 nitrogen and oxygen atoms in total. The lowest BCUT2D eigenvalue weighted by Gasteiger charge is -2.16. The molecule has 0 saturated carbocycles. The first-order valence-electron chi connectivity index (χ1n) is 4.83. The number of rotatable bonds is 2. The molecule has 1 aromatic carbocycles. The summed E-state index contributed by atoms with van der Waals surface area (Å²) in [6, 6.07) is 1.85. The molecule has 0 heterocycles. The Morgan fingerprint density at radius 2 is 1.93 bits per heavy atom. The summed E-state index contributed by atoms with van der Waals surface area (Å²) in [5.74, 6) is 0.355. The third-order valence-electron chi connectivity index (χ3n) is 2.67. The van der Waals surface area contributed by atoms with Crippen LogP contribution < -0.4 is 5.73 Å². The van der Waals surface area contributed by atoms with Gasteiger partial charge in [0.15, 0.2) is 6.29 Å². The van der Waals surface area contributed by atoms with Gasteiger partial charge in [0.25, 0.3) is 0 Å². The molecular weight excluding hydrogens is 174 g/mol. The highest BCUT2D eigenvalue weighted by Crippen LogP contribution is 2.30. The van der Waals surface area contributed by atoms with Crippen LogP contribution in [0.2, 0.25) is 0 Å². The number of carbonyl (C=O) groups excluding carboxylic acids is 1. The van der Waals surface area contributed by atoms with E-state index in [0.717, 1.165) is 17.4 Å². The van der Waals surface area contributed by atoms with E-state index in [4.69, 9.17) is 5.73 Å². The summed E-state index contributed by atoms with van der Waals surface area (Å²) >= 11 is 0. The topological polar surface area (TPSA) is 43.1 Å². The average Bonchev–Trinajstić information content (AvgIpc) is 2.11. The van der Waals surface area contributed by atoms with Gasteiger partial charge >= 0.3 is 0 Å². The molecule has 0 radical (unpaired) electrons. The van der Waals surface area contributed by atoms with Gasteiger partial charge < -0.3 is 5.73 Å². The maximum Gasteiger partial charge on any atom is 0.152 e. The molecule has 2 heteroatoms. The number of hydrogen-bond acceptors (Lipinski definition) is 2. The van der Waals surface area contributed by atoms with Crippen LogP contribution in [0, 0.1) is 13.8 Å². The Labute approximate surface area is 85.1 Å². The van der Waals surface area contributed by atoms with Crippen LogP contribution in [0.4, 0.5) is 5.69 Å². The van der Waals surface area contributed by atoms with Crippen LogP contribution in [-0.2, 0) is 0 Å². The number of benzene rings is 1. The summed E-state index contributed by atoms with van der Waals surface area (Å²) in [5, 5.41) is 0. The van der Waals surface area contributed by atoms with E-state index in [1.54, 1.807) is 0 Å². The van der Waals surface area contributed by atoms with Crippen molar-refractivity contribution >= 4 is 12.0 Å². The molecule has 0 aliphatic rings. The number of carbonyl (C=O) groups is 1. The van der Waals surface area contributed by atoms with E-state index in [1.807, 2.05) is 13.0 Å². The predicted octanol–water partition coefficient (Wildman–Crippen LogP) is 2.82. The SMILES string of the molecule is Cc1cc(C=O)c(N)c(C(C)C)c1C. The molecule has 0 aliphatic heterocycles. The molecule has 0 bridgehead atoms. The zero-order chi connectivity index (χ0) is 10.9. The number of aldehydes is 1. The summed E-state index contributed by atoms with van der Waals surface area (Å²) in [7, 11) is 0. The minimum absolute atomic E-state index is 0.355. The molecule has 1 aromatic rings. The van der Waals surface area contributed by atoms with Crippen molar-refractivity contribution in [3.05, 3.63) is 28.3 Å². The van der Waals surface area contributed by atoms with Gasteiger partial charge in [0.1, 0.15) is 0 Å². The van der Waals surface area contributed by atoms with Crippen molar-refractivity contribution in [3.8, 4) is 0 Å². The van der Waals surface area contributed by atoms with E-state index in [-0.39, 0.29) is 0 Å². The van der Waals surface area contributed by atoms with Crippen molar-refractivity contribution in [1.82, 2.24) is 0 Å². The lowest BCUT2D eigenvalue weighted by atomic mass is 9.90. The smallest absolute Gasteiger partial charge is 0.152 e. The maximum absolute atomic E-state index is 10.8. The molecule has 0 saturated heterocycles. The summed E-state index contributed by atoms with van der Waals surface area (Å²) in [6.07, 6.45) is 0.827. The molecule has 2 N–H and O–H groups in total. The molecular formula is C12H17NO. The fourth-order valence-corrected chi connectivity index (χ4v) is 1.83. The average molecular weight is 191 g/mol. The number of anilines is 1. The Morgan fingerprint density at radius 3 is 2.36 bits per heavy atom. The second-order valence-corrected chi connectivity index (χ2v) is 4.01. The molecule has 0 atom stereocenters. The third-order valence-corrected chi connectivity index (χ3v) is 2.67. The van der Waals surface area contributed by atoms with Crippen LogP contribution in [0.5, 0.6) is 0 Å². The van der Waals surface area contributed by atoms with Gasteiger partial charge in [-0.2, -0.15) is 0 Å². The number of aryl methyl sites for hydroxylation is 1. The Morgan fingerprint density at radius 1 is 1.36 bits per heavy atom. The number of nitrogens with two attached hydrogens (primary N) is 1. The standard InChI is InChI=1S/C12H17NO/c1-7(2)11-9(4)8(3)5-10(6-14)12(11)13/h5-7H,13H2,1-4H3. The minimum Gasteiger partial charge on any atom is -0.398 e. The minimum atomic E-state index is 0.355. The largest absolute Gasteiger partial charge is 0.398 e. The monoisotopic (exact) mass is 191 g/mol. The van der Waals surface area contributed by atoms with Crippen molar-refractivity contribution in [3.63, 3.8) is 0 Å². The first kappa shape index (κ1) is 10.8. The predicted molar refractivity (Wildman–Crippen MR) is 59.8 cm³/mol. The molecule has 0 aromatic heterocycles. The summed E-state index contributed by atoms with van der Waals surface area (Å²) < 4.78 is 0. The van der Waals surface area contributed by atoms with Gasteiger partial charge in [-0.3, -0.25) is 4.79 Å². The normalized spacial score (nSPS) is 10.6. The lowest BCUT2D eigenvalue weighted by molar-refractivity contribution is 0.112. The molecule has 1 rings (SSSR count). The molecule has 0 aliphatic carbocycles. The van der Waals surface area contributed by atoms with Gasteiger partial charge in [-0.1, -0.05) is 13.8 Å². The van der Waals surface area contributed by atoms with Crippen molar-refractivity contribution in [2.45, 2.75) is 33.6 Å². The van der Waals surface area contributed by atoms with Crippen molar-refractivity contribution in [2.75, 3.05) is 5.73 Å². The number of nitrogen functional groups attached to an aromatic ring is 1. The fourth-order valence-electron chi connectivity index (χ4n) is 1.83. The Bertz CT molecular complexity index is 367. The molecule has 14 heavy (non-hydrogen) atoms. The van der Waals surface area contributed by atoms with Crippen molar-refractivity contribution in [1.29, 1.82) is 0 Å². The maximum atomic E-state index is 10.8. The van der Waals surface area contributed by atoms with Crippen LogP contribution in [-0.4, -0.2) is 6.29 Å². The van der Waals surface area contributed by atoms with Crippen LogP contribution in [0.1, 0.15) is 46.8 Å². The van der Waals surface area contributed by atoms with Gasteiger partial charge in [0.05, 0.1) is 0 Å². The lowest BCUT2D eigenvalue weighted by Crippen LogP contribution is -2.05. The highest BCUT2D eigenvalue weighted by atomic mass is 16.1. The van der Waals surface area contributed by atoms with E-state index in [0.29, 0.717) is 17.2 Å². The second-order valence-electron chi connectivity index (χ2n) is 4.01. The fraction of sp³-hybridized carbons (Fsp3) is 0.417. The summed E-state index contributed by atoms with van der Waals surface area (Å²) in [6.45, 7) is 8.24. The van der Waals surface area contributed by atoms with E-state index in [9.17, 15) is 4.79 Å². The van der Waals surface area contributed by atoms with Crippen LogP contribution in [0.3, 0.4) is 0 Å². The van der Waals surface area contributed by atoms with E-state index in [1.165, 1.54) is 5.56 Å². The van der Waals surface area contributed by atoms with Crippen LogP contribution in [0.15, 0.2) is 6.07 Å². The zero-order valence-electron chi connectivity index (χ0n) is 9.22. The molecule has 0 fully saturated rings. The van der Waals surface area contributed by atoms with Crippen LogP contribution >= 0.6 is 0 Å². The Kier molecular flexibility index (Phi) is 2.94. The molecule has 0 unspecified atom stereocenters. The Balaban J connectivity index is 3.52. The van der Waals surface area contributed by atoms with E-state index >= 15 is 0 Å².